The predicted molar refractivity (Wildman–Crippen MR) is 96.7 cm³/mol. The first-order valence-electron chi connectivity index (χ1n) is 8.98. The number of sulfonamides is 1. The second kappa shape index (κ2) is 7.75. The second-order valence-electron chi connectivity index (χ2n) is 6.72. The number of hydrogen-bond donors (Lipinski definition) is 0. The third-order valence-electron chi connectivity index (χ3n) is 4.53. The Morgan fingerprint density at radius 2 is 1.85 bits per heavy atom. The Kier molecular flexibility index (Phi) is 5.62. The van der Waals surface area contributed by atoms with Crippen LogP contribution in [0.5, 0.6) is 5.75 Å². The molecule has 1 saturated heterocycles. The molecule has 0 saturated carbocycles. The molecule has 7 nitrogen and oxygen atoms in total. The van der Waals surface area contributed by atoms with Gasteiger partial charge in [0.2, 0.25) is 21.8 Å². The summed E-state index contributed by atoms with van der Waals surface area (Å²) in [5, 5.41) is 8.20. The van der Waals surface area contributed by atoms with E-state index in [1.807, 2.05) is 20.8 Å². The Hall–Kier alpha value is -1.93. The molecule has 26 heavy (non-hydrogen) atoms. The highest BCUT2D eigenvalue weighted by molar-refractivity contribution is 7.89. The summed E-state index contributed by atoms with van der Waals surface area (Å²) >= 11 is 0. The van der Waals surface area contributed by atoms with Gasteiger partial charge in [-0.15, -0.1) is 10.2 Å². The van der Waals surface area contributed by atoms with Crippen molar-refractivity contribution >= 4 is 10.0 Å². The van der Waals surface area contributed by atoms with Crippen LogP contribution in [0.4, 0.5) is 0 Å². The van der Waals surface area contributed by atoms with E-state index in [4.69, 9.17) is 9.15 Å². The highest BCUT2D eigenvalue weighted by Gasteiger charge is 2.32. The maximum atomic E-state index is 12.8. The molecule has 1 aromatic heterocycles. The van der Waals surface area contributed by atoms with Crippen LogP contribution in [0.2, 0.25) is 0 Å². The van der Waals surface area contributed by atoms with Gasteiger partial charge in [-0.2, -0.15) is 4.31 Å². The number of benzene rings is 1. The highest BCUT2D eigenvalue weighted by atomic mass is 32.2. The second-order valence-corrected chi connectivity index (χ2v) is 8.65. The molecule has 0 bridgehead atoms. The lowest BCUT2D eigenvalue weighted by atomic mass is 9.98. The molecule has 0 spiro atoms. The summed E-state index contributed by atoms with van der Waals surface area (Å²) in [6.07, 6.45) is 1.35. The van der Waals surface area contributed by atoms with Crippen molar-refractivity contribution in [1.29, 1.82) is 0 Å². The topological polar surface area (TPSA) is 85.5 Å². The van der Waals surface area contributed by atoms with Crippen LogP contribution in [0.25, 0.3) is 0 Å². The fourth-order valence-electron chi connectivity index (χ4n) is 3.01. The SMILES string of the molecule is CCOc1ccc(S(=O)(=O)N2CCC(c3nnc(C(C)C)o3)CC2)cc1. The van der Waals surface area contributed by atoms with E-state index in [9.17, 15) is 8.42 Å². The Morgan fingerprint density at radius 3 is 2.38 bits per heavy atom. The standard InChI is InChI=1S/C18H25N3O4S/c1-4-24-15-5-7-16(8-6-15)26(22,23)21-11-9-14(10-12-21)18-20-19-17(25-18)13(2)3/h5-8,13-14H,4,9-12H2,1-3H3. The monoisotopic (exact) mass is 379 g/mol. The zero-order valence-corrected chi connectivity index (χ0v) is 16.2. The van der Waals surface area contributed by atoms with Crippen LogP contribution in [-0.4, -0.2) is 42.6 Å². The summed E-state index contributed by atoms with van der Waals surface area (Å²) in [4.78, 5) is 0.291. The summed E-state index contributed by atoms with van der Waals surface area (Å²) in [7, 11) is -3.50. The zero-order valence-electron chi connectivity index (χ0n) is 15.4. The average molecular weight is 379 g/mol. The number of aromatic nitrogens is 2. The molecule has 8 heteroatoms. The number of piperidine rings is 1. The molecule has 0 radical (unpaired) electrons. The molecule has 142 valence electrons. The molecule has 1 aliphatic heterocycles. The minimum absolute atomic E-state index is 0.113. The number of rotatable bonds is 6. The van der Waals surface area contributed by atoms with Gasteiger partial charge in [0.1, 0.15) is 5.75 Å². The summed E-state index contributed by atoms with van der Waals surface area (Å²) in [6, 6.07) is 6.57. The molecule has 0 amide bonds. The fourth-order valence-corrected chi connectivity index (χ4v) is 4.48. The van der Waals surface area contributed by atoms with Gasteiger partial charge in [0.05, 0.1) is 11.5 Å². The Labute approximate surface area is 154 Å². The predicted octanol–water partition coefficient (Wildman–Crippen LogP) is 3.16. The van der Waals surface area contributed by atoms with Crippen LogP contribution < -0.4 is 4.74 Å². The van der Waals surface area contributed by atoms with Gasteiger partial charge >= 0.3 is 0 Å². The van der Waals surface area contributed by atoms with E-state index >= 15 is 0 Å². The van der Waals surface area contributed by atoms with E-state index in [1.54, 1.807) is 24.3 Å². The third kappa shape index (κ3) is 3.91. The van der Waals surface area contributed by atoms with Gasteiger partial charge in [0, 0.05) is 24.9 Å². The molecule has 1 aromatic carbocycles. The first-order valence-corrected chi connectivity index (χ1v) is 10.4. The summed E-state index contributed by atoms with van der Waals surface area (Å²) < 4.78 is 38.3. The van der Waals surface area contributed by atoms with Gasteiger partial charge in [-0.25, -0.2) is 8.42 Å². The first-order chi connectivity index (χ1) is 12.4. The number of hydrogen-bond acceptors (Lipinski definition) is 6. The van der Waals surface area contributed by atoms with Crippen molar-refractivity contribution in [3.8, 4) is 5.75 Å². The van der Waals surface area contributed by atoms with Crippen molar-refractivity contribution in [3.05, 3.63) is 36.0 Å². The van der Waals surface area contributed by atoms with Gasteiger partial charge in [-0.05, 0) is 44.0 Å². The maximum Gasteiger partial charge on any atom is 0.243 e. The smallest absolute Gasteiger partial charge is 0.243 e. The number of ether oxygens (including phenoxy) is 1. The molecular formula is C18H25N3O4S. The Bertz CT molecular complexity index is 822. The van der Waals surface area contributed by atoms with Gasteiger partial charge in [-0.1, -0.05) is 13.8 Å². The van der Waals surface area contributed by atoms with Gasteiger partial charge in [0.25, 0.3) is 0 Å². The molecule has 0 aliphatic carbocycles. The average Bonchev–Trinajstić information content (AvgIpc) is 3.13. The van der Waals surface area contributed by atoms with Crippen LogP contribution >= 0.6 is 0 Å². The number of nitrogens with zero attached hydrogens (tertiary/aromatic N) is 3. The molecule has 1 fully saturated rings. The zero-order chi connectivity index (χ0) is 18.7. The van der Waals surface area contributed by atoms with Crippen molar-refractivity contribution in [1.82, 2.24) is 14.5 Å². The van der Waals surface area contributed by atoms with E-state index < -0.39 is 10.0 Å². The van der Waals surface area contributed by atoms with E-state index in [-0.39, 0.29) is 11.8 Å². The molecule has 1 aliphatic rings. The van der Waals surface area contributed by atoms with Crippen molar-refractivity contribution < 1.29 is 17.6 Å². The minimum atomic E-state index is -3.50. The molecule has 2 aromatic rings. The largest absolute Gasteiger partial charge is 0.494 e. The molecular weight excluding hydrogens is 354 g/mol. The maximum absolute atomic E-state index is 12.8. The van der Waals surface area contributed by atoms with Crippen LogP contribution in [-0.2, 0) is 10.0 Å². The normalized spacial score (nSPS) is 16.9. The van der Waals surface area contributed by atoms with Crippen LogP contribution in [0.15, 0.2) is 33.6 Å². The summed E-state index contributed by atoms with van der Waals surface area (Å²) in [5.41, 5.74) is 0. The third-order valence-corrected chi connectivity index (χ3v) is 6.44. The van der Waals surface area contributed by atoms with Crippen molar-refractivity contribution in [2.75, 3.05) is 19.7 Å². The van der Waals surface area contributed by atoms with Crippen LogP contribution in [0, 0.1) is 0 Å². The highest BCUT2D eigenvalue weighted by Crippen LogP contribution is 2.31. The van der Waals surface area contributed by atoms with Crippen molar-refractivity contribution in [2.45, 2.75) is 50.3 Å². The van der Waals surface area contributed by atoms with E-state index in [0.717, 1.165) is 0 Å². The van der Waals surface area contributed by atoms with Gasteiger partial charge < -0.3 is 9.15 Å². The fraction of sp³-hybridized carbons (Fsp3) is 0.556. The summed E-state index contributed by atoms with van der Waals surface area (Å²) in [6.45, 7) is 7.34. The Balaban J connectivity index is 1.66. The first kappa shape index (κ1) is 18.8. The lowest BCUT2D eigenvalue weighted by Gasteiger charge is -2.29. The summed E-state index contributed by atoms with van der Waals surface area (Å²) in [5.74, 6) is 2.22. The van der Waals surface area contributed by atoms with Crippen LogP contribution in [0.1, 0.15) is 57.2 Å². The van der Waals surface area contributed by atoms with E-state index in [2.05, 4.69) is 10.2 Å². The van der Waals surface area contributed by atoms with E-state index in [0.29, 0.717) is 55.0 Å². The van der Waals surface area contributed by atoms with Crippen molar-refractivity contribution in [2.24, 2.45) is 0 Å². The van der Waals surface area contributed by atoms with Crippen LogP contribution in [0.3, 0.4) is 0 Å². The molecule has 0 unspecified atom stereocenters. The lowest BCUT2D eigenvalue weighted by Crippen LogP contribution is -2.37. The molecule has 2 heterocycles. The van der Waals surface area contributed by atoms with Crippen molar-refractivity contribution in [3.63, 3.8) is 0 Å². The Morgan fingerprint density at radius 1 is 1.19 bits per heavy atom. The van der Waals surface area contributed by atoms with Gasteiger partial charge in [0.15, 0.2) is 0 Å². The molecule has 0 N–H and O–H groups in total. The molecule has 3 rings (SSSR count). The lowest BCUT2D eigenvalue weighted by molar-refractivity contribution is 0.285. The van der Waals surface area contributed by atoms with Gasteiger partial charge in [-0.3, -0.25) is 0 Å². The van der Waals surface area contributed by atoms with E-state index in [1.165, 1.54) is 4.31 Å². The minimum Gasteiger partial charge on any atom is -0.494 e. The molecule has 0 atom stereocenters. The quantitative estimate of drug-likeness (QED) is 0.766.